The van der Waals surface area contributed by atoms with Crippen molar-refractivity contribution < 1.29 is 4.74 Å². The molecule has 1 unspecified atom stereocenters. The molecule has 0 spiro atoms. The zero-order chi connectivity index (χ0) is 13.8. The third kappa shape index (κ3) is 3.23. The summed E-state index contributed by atoms with van der Waals surface area (Å²) in [6.07, 6.45) is 2.79. The molecule has 1 atom stereocenters. The molecule has 1 N–H and O–H groups in total. The van der Waals surface area contributed by atoms with Crippen molar-refractivity contribution in [3.8, 4) is 5.88 Å². The van der Waals surface area contributed by atoms with Crippen LogP contribution in [-0.2, 0) is 6.54 Å². The molecule has 2 aromatic rings. The van der Waals surface area contributed by atoms with Gasteiger partial charge in [0.2, 0.25) is 11.8 Å². The quantitative estimate of drug-likeness (QED) is 0.903. The number of ether oxygens (including phenoxy) is 1. The number of likely N-dealkylation sites (tertiary alicyclic amines) is 1. The highest BCUT2D eigenvalue weighted by Gasteiger charge is 2.23. The van der Waals surface area contributed by atoms with Gasteiger partial charge in [-0.3, -0.25) is 4.90 Å². The molecule has 0 aromatic carbocycles. The lowest BCUT2D eigenvalue weighted by Gasteiger charge is -2.15. The summed E-state index contributed by atoms with van der Waals surface area (Å²) in [5.74, 6) is 1.21. The molecule has 20 heavy (non-hydrogen) atoms. The van der Waals surface area contributed by atoms with E-state index in [1.54, 1.807) is 30.7 Å². The molecular formula is C13H17N5OS. The van der Waals surface area contributed by atoms with Gasteiger partial charge in [-0.1, -0.05) is 0 Å². The first-order valence-electron chi connectivity index (χ1n) is 6.56. The molecule has 1 saturated heterocycles. The number of nitrogens with zero attached hydrogens (tertiary/aromatic N) is 4. The maximum Gasteiger partial charge on any atom is 0.226 e. The molecule has 0 amide bonds. The van der Waals surface area contributed by atoms with Crippen molar-refractivity contribution in [3.63, 3.8) is 0 Å². The second-order valence-corrected chi connectivity index (χ2v) is 5.49. The van der Waals surface area contributed by atoms with Crippen molar-refractivity contribution in [1.82, 2.24) is 19.9 Å². The third-order valence-corrected chi connectivity index (χ3v) is 3.95. The molecular weight excluding hydrogens is 274 g/mol. The maximum atomic E-state index is 5.10. The van der Waals surface area contributed by atoms with Crippen LogP contribution in [0.2, 0.25) is 0 Å². The van der Waals surface area contributed by atoms with E-state index in [1.165, 1.54) is 0 Å². The molecule has 0 bridgehead atoms. The smallest absolute Gasteiger partial charge is 0.226 e. The molecule has 106 valence electrons. The summed E-state index contributed by atoms with van der Waals surface area (Å²) < 4.78 is 5.10. The first kappa shape index (κ1) is 13.3. The third-order valence-electron chi connectivity index (χ3n) is 3.31. The van der Waals surface area contributed by atoms with Crippen molar-refractivity contribution in [2.45, 2.75) is 19.0 Å². The molecule has 1 aliphatic rings. The number of thiazole rings is 1. The van der Waals surface area contributed by atoms with E-state index in [4.69, 9.17) is 4.74 Å². The average Bonchev–Trinajstić information content (AvgIpc) is 3.12. The lowest BCUT2D eigenvalue weighted by atomic mass is 10.3. The minimum atomic E-state index is 0.376. The standard InChI is InChI=1S/C13H17N5OS/c1-19-12-2-4-14-13(17-12)16-10-3-5-18(6-10)7-11-8-20-9-15-11/h2,4,8-10H,3,5-7H2,1H3,(H,14,16,17). The Balaban J connectivity index is 1.54. The number of nitrogens with one attached hydrogen (secondary N) is 1. The van der Waals surface area contributed by atoms with Gasteiger partial charge in [0.25, 0.3) is 0 Å². The Labute approximate surface area is 121 Å². The Morgan fingerprint density at radius 1 is 1.50 bits per heavy atom. The summed E-state index contributed by atoms with van der Waals surface area (Å²) in [4.78, 5) is 15.2. The molecule has 0 radical (unpaired) electrons. The van der Waals surface area contributed by atoms with Gasteiger partial charge in [0, 0.05) is 43.3 Å². The summed E-state index contributed by atoms with van der Waals surface area (Å²) >= 11 is 1.64. The van der Waals surface area contributed by atoms with Gasteiger partial charge in [-0.2, -0.15) is 4.98 Å². The van der Waals surface area contributed by atoms with Crippen LogP contribution in [-0.4, -0.2) is 46.1 Å². The minimum Gasteiger partial charge on any atom is -0.481 e. The summed E-state index contributed by atoms with van der Waals surface area (Å²) in [6, 6.07) is 2.12. The fourth-order valence-corrected chi connectivity index (χ4v) is 2.90. The fraction of sp³-hybridized carbons (Fsp3) is 0.462. The highest BCUT2D eigenvalue weighted by Crippen LogP contribution is 2.17. The van der Waals surface area contributed by atoms with Gasteiger partial charge in [-0.15, -0.1) is 11.3 Å². The van der Waals surface area contributed by atoms with Gasteiger partial charge in [0.1, 0.15) is 0 Å². The van der Waals surface area contributed by atoms with Gasteiger partial charge in [-0.25, -0.2) is 9.97 Å². The van der Waals surface area contributed by atoms with Crippen molar-refractivity contribution >= 4 is 17.3 Å². The molecule has 7 heteroatoms. The number of aromatic nitrogens is 3. The van der Waals surface area contributed by atoms with Gasteiger partial charge in [0.05, 0.1) is 18.3 Å². The maximum absolute atomic E-state index is 5.10. The van der Waals surface area contributed by atoms with Crippen molar-refractivity contribution in [1.29, 1.82) is 0 Å². The van der Waals surface area contributed by atoms with Crippen LogP contribution in [0.5, 0.6) is 5.88 Å². The Morgan fingerprint density at radius 3 is 3.25 bits per heavy atom. The van der Waals surface area contributed by atoms with Crippen LogP contribution < -0.4 is 10.1 Å². The van der Waals surface area contributed by atoms with E-state index in [2.05, 4.69) is 30.5 Å². The van der Waals surface area contributed by atoms with E-state index in [1.807, 2.05) is 5.51 Å². The van der Waals surface area contributed by atoms with E-state index in [0.29, 0.717) is 17.9 Å². The number of hydrogen-bond donors (Lipinski definition) is 1. The highest BCUT2D eigenvalue weighted by atomic mass is 32.1. The Morgan fingerprint density at radius 2 is 2.45 bits per heavy atom. The number of anilines is 1. The topological polar surface area (TPSA) is 63.2 Å². The van der Waals surface area contributed by atoms with Gasteiger partial charge in [0.15, 0.2) is 0 Å². The SMILES string of the molecule is COc1ccnc(NC2CCN(Cc3cscn3)C2)n1. The van der Waals surface area contributed by atoms with Crippen LogP contribution in [0.1, 0.15) is 12.1 Å². The van der Waals surface area contributed by atoms with Crippen LogP contribution in [0.3, 0.4) is 0 Å². The number of rotatable bonds is 5. The first-order chi connectivity index (χ1) is 9.83. The summed E-state index contributed by atoms with van der Waals surface area (Å²) in [5.41, 5.74) is 3.03. The van der Waals surface area contributed by atoms with Crippen molar-refractivity contribution in [3.05, 3.63) is 28.8 Å². The van der Waals surface area contributed by atoms with Crippen LogP contribution in [0.25, 0.3) is 0 Å². The predicted molar refractivity (Wildman–Crippen MR) is 78.0 cm³/mol. The van der Waals surface area contributed by atoms with E-state index < -0.39 is 0 Å². The van der Waals surface area contributed by atoms with Gasteiger partial charge >= 0.3 is 0 Å². The molecule has 0 saturated carbocycles. The lowest BCUT2D eigenvalue weighted by molar-refractivity contribution is 0.325. The van der Waals surface area contributed by atoms with Crippen molar-refractivity contribution in [2.24, 2.45) is 0 Å². The number of methoxy groups -OCH3 is 1. The van der Waals surface area contributed by atoms with Crippen LogP contribution in [0, 0.1) is 0 Å². The number of hydrogen-bond acceptors (Lipinski definition) is 7. The first-order valence-corrected chi connectivity index (χ1v) is 7.51. The Kier molecular flexibility index (Phi) is 4.08. The molecule has 1 aliphatic heterocycles. The Hall–Kier alpha value is -1.73. The van der Waals surface area contributed by atoms with Gasteiger partial charge in [-0.05, 0) is 6.42 Å². The van der Waals surface area contributed by atoms with E-state index in [-0.39, 0.29) is 0 Å². The Bertz CT molecular complexity index is 547. The summed E-state index contributed by atoms with van der Waals surface area (Å²) in [6.45, 7) is 2.97. The van der Waals surface area contributed by atoms with Crippen molar-refractivity contribution in [2.75, 3.05) is 25.5 Å². The van der Waals surface area contributed by atoms with Crippen LogP contribution in [0.15, 0.2) is 23.2 Å². The zero-order valence-electron chi connectivity index (χ0n) is 11.3. The lowest BCUT2D eigenvalue weighted by Crippen LogP contribution is -2.26. The predicted octanol–water partition coefficient (Wildman–Crippen LogP) is 1.63. The highest BCUT2D eigenvalue weighted by molar-refractivity contribution is 7.07. The van der Waals surface area contributed by atoms with E-state index in [9.17, 15) is 0 Å². The second-order valence-electron chi connectivity index (χ2n) is 4.77. The van der Waals surface area contributed by atoms with E-state index in [0.717, 1.165) is 31.7 Å². The minimum absolute atomic E-state index is 0.376. The fourth-order valence-electron chi connectivity index (χ4n) is 2.35. The largest absolute Gasteiger partial charge is 0.481 e. The summed E-state index contributed by atoms with van der Waals surface area (Å²) in [5, 5.41) is 5.47. The molecule has 2 aromatic heterocycles. The van der Waals surface area contributed by atoms with Crippen LogP contribution >= 0.6 is 11.3 Å². The van der Waals surface area contributed by atoms with Gasteiger partial charge < -0.3 is 10.1 Å². The molecule has 0 aliphatic carbocycles. The monoisotopic (exact) mass is 291 g/mol. The average molecular weight is 291 g/mol. The second kappa shape index (κ2) is 6.15. The molecule has 3 heterocycles. The normalized spacial score (nSPS) is 19.1. The molecule has 6 nitrogen and oxygen atoms in total. The zero-order valence-corrected chi connectivity index (χ0v) is 12.1. The summed E-state index contributed by atoms with van der Waals surface area (Å²) in [7, 11) is 1.61. The molecule has 1 fully saturated rings. The van der Waals surface area contributed by atoms with Crippen LogP contribution in [0.4, 0.5) is 5.95 Å². The van der Waals surface area contributed by atoms with E-state index >= 15 is 0 Å². The molecule has 3 rings (SSSR count).